The first kappa shape index (κ1) is 14.9. The standard InChI is InChI=1S/C12H17NO2.ClH/c1-7-4-8(2)10(9(3)5-7)6-11(13)12(14)15;/h4-5,11H,6,13H2,1-3H3,(H,14,15);1H/t11-;/m0./s1. The fraction of sp³-hybridized carbons (Fsp3) is 0.417. The largest absolute Gasteiger partial charge is 0.480 e. The highest BCUT2D eigenvalue weighted by Gasteiger charge is 2.14. The van der Waals surface area contributed by atoms with Gasteiger partial charge in [0.1, 0.15) is 6.04 Å². The Hall–Kier alpha value is -1.06. The molecule has 0 saturated heterocycles. The van der Waals surface area contributed by atoms with Gasteiger partial charge in [0.25, 0.3) is 0 Å². The van der Waals surface area contributed by atoms with Crippen LogP contribution in [-0.4, -0.2) is 17.1 Å². The van der Waals surface area contributed by atoms with Crippen LogP contribution in [-0.2, 0) is 11.2 Å². The van der Waals surface area contributed by atoms with Gasteiger partial charge >= 0.3 is 5.97 Å². The molecule has 1 aromatic rings. The number of nitrogens with two attached hydrogens (primary N) is 1. The molecule has 0 spiro atoms. The van der Waals surface area contributed by atoms with Crippen molar-refractivity contribution in [1.29, 1.82) is 0 Å². The average molecular weight is 244 g/mol. The van der Waals surface area contributed by atoms with Crippen LogP contribution >= 0.6 is 12.4 Å². The quantitative estimate of drug-likeness (QED) is 0.854. The highest BCUT2D eigenvalue weighted by Crippen LogP contribution is 2.17. The molecule has 3 nitrogen and oxygen atoms in total. The minimum atomic E-state index is -0.950. The Balaban J connectivity index is 0.00000225. The molecule has 0 saturated carbocycles. The van der Waals surface area contributed by atoms with E-state index in [4.69, 9.17) is 10.8 Å². The van der Waals surface area contributed by atoms with Gasteiger partial charge in [-0.2, -0.15) is 0 Å². The predicted octanol–water partition coefficient (Wildman–Crippen LogP) is 1.99. The van der Waals surface area contributed by atoms with Crippen molar-refractivity contribution in [3.63, 3.8) is 0 Å². The first-order valence-corrected chi connectivity index (χ1v) is 4.97. The van der Waals surface area contributed by atoms with Crippen molar-refractivity contribution in [2.75, 3.05) is 0 Å². The lowest BCUT2D eigenvalue weighted by Crippen LogP contribution is -2.32. The van der Waals surface area contributed by atoms with E-state index in [2.05, 4.69) is 12.1 Å². The summed E-state index contributed by atoms with van der Waals surface area (Å²) in [5, 5.41) is 8.75. The van der Waals surface area contributed by atoms with Crippen molar-refractivity contribution in [2.45, 2.75) is 33.2 Å². The molecule has 1 rings (SSSR count). The zero-order chi connectivity index (χ0) is 11.6. The van der Waals surface area contributed by atoms with Crippen molar-refractivity contribution < 1.29 is 9.90 Å². The zero-order valence-corrected chi connectivity index (χ0v) is 10.6. The normalized spacial score (nSPS) is 11.8. The van der Waals surface area contributed by atoms with Gasteiger partial charge in [-0.15, -0.1) is 12.4 Å². The van der Waals surface area contributed by atoms with Crippen LogP contribution in [0.2, 0.25) is 0 Å². The number of carbonyl (C=O) groups is 1. The van der Waals surface area contributed by atoms with Crippen LogP contribution in [0.3, 0.4) is 0 Å². The monoisotopic (exact) mass is 243 g/mol. The second-order valence-corrected chi connectivity index (χ2v) is 4.03. The number of aryl methyl sites for hydroxylation is 3. The van der Waals surface area contributed by atoms with Gasteiger partial charge < -0.3 is 10.8 Å². The molecule has 0 amide bonds. The van der Waals surface area contributed by atoms with Crippen molar-refractivity contribution in [3.05, 3.63) is 34.4 Å². The van der Waals surface area contributed by atoms with Gasteiger partial charge in [-0.25, -0.2) is 0 Å². The topological polar surface area (TPSA) is 63.3 Å². The van der Waals surface area contributed by atoms with Gasteiger partial charge in [0.15, 0.2) is 0 Å². The number of benzene rings is 1. The van der Waals surface area contributed by atoms with Crippen LogP contribution in [0.4, 0.5) is 0 Å². The van der Waals surface area contributed by atoms with E-state index in [-0.39, 0.29) is 12.4 Å². The van der Waals surface area contributed by atoms with E-state index >= 15 is 0 Å². The molecule has 3 N–H and O–H groups in total. The van der Waals surface area contributed by atoms with Crippen LogP contribution in [0.5, 0.6) is 0 Å². The number of rotatable bonds is 3. The fourth-order valence-electron chi connectivity index (χ4n) is 1.84. The van der Waals surface area contributed by atoms with Crippen LogP contribution in [0.1, 0.15) is 22.3 Å². The predicted molar refractivity (Wildman–Crippen MR) is 67.2 cm³/mol. The molecule has 16 heavy (non-hydrogen) atoms. The fourth-order valence-corrected chi connectivity index (χ4v) is 1.84. The molecule has 0 aromatic heterocycles. The van der Waals surface area contributed by atoms with E-state index in [1.165, 1.54) is 5.56 Å². The summed E-state index contributed by atoms with van der Waals surface area (Å²) in [6.45, 7) is 6.01. The number of carboxylic acid groups (broad SMARTS) is 1. The van der Waals surface area contributed by atoms with Crippen LogP contribution in [0.25, 0.3) is 0 Å². The van der Waals surface area contributed by atoms with Gasteiger partial charge in [-0.05, 0) is 43.9 Å². The van der Waals surface area contributed by atoms with Gasteiger partial charge in [0, 0.05) is 0 Å². The minimum absolute atomic E-state index is 0. The number of carboxylic acids is 1. The molecule has 0 fully saturated rings. The van der Waals surface area contributed by atoms with Gasteiger partial charge in [0.2, 0.25) is 0 Å². The minimum Gasteiger partial charge on any atom is -0.480 e. The summed E-state index contributed by atoms with van der Waals surface area (Å²) in [4.78, 5) is 10.7. The highest BCUT2D eigenvalue weighted by atomic mass is 35.5. The summed E-state index contributed by atoms with van der Waals surface area (Å²) in [5.41, 5.74) is 10.00. The van der Waals surface area contributed by atoms with Gasteiger partial charge in [-0.1, -0.05) is 17.7 Å². The maximum absolute atomic E-state index is 10.7. The van der Waals surface area contributed by atoms with E-state index < -0.39 is 12.0 Å². The Labute approximate surface area is 102 Å². The Morgan fingerprint density at radius 3 is 2.12 bits per heavy atom. The third-order valence-corrected chi connectivity index (χ3v) is 2.58. The summed E-state index contributed by atoms with van der Waals surface area (Å²) >= 11 is 0. The molecule has 0 aliphatic rings. The molecule has 0 radical (unpaired) electrons. The Morgan fingerprint density at radius 2 is 1.75 bits per heavy atom. The summed E-state index contributed by atoms with van der Waals surface area (Å²) < 4.78 is 0. The molecule has 1 atom stereocenters. The summed E-state index contributed by atoms with van der Waals surface area (Å²) in [6, 6.07) is 3.29. The number of hydrogen-bond acceptors (Lipinski definition) is 2. The van der Waals surface area contributed by atoms with Crippen molar-refractivity contribution in [1.82, 2.24) is 0 Å². The second kappa shape index (κ2) is 5.87. The van der Waals surface area contributed by atoms with E-state index in [1.807, 2.05) is 20.8 Å². The zero-order valence-electron chi connectivity index (χ0n) is 9.78. The van der Waals surface area contributed by atoms with Crippen LogP contribution in [0.15, 0.2) is 12.1 Å². The number of aliphatic carboxylic acids is 1. The lowest BCUT2D eigenvalue weighted by molar-refractivity contribution is -0.138. The molecule has 0 aliphatic carbocycles. The molecule has 0 aliphatic heterocycles. The number of hydrogen-bond donors (Lipinski definition) is 2. The van der Waals surface area contributed by atoms with Crippen LogP contribution in [0, 0.1) is 20.8 Å². The van der Waals surface area contributed by atoms with E-state index in [9.17, 15) is 4.79 Å². The Morgan fingerprint density at radius 1 is 1.31 bits per heavy atom. The molecule has 0 unspecified atom stereocenters. The van der Waals surface area contributed by atoms with Crippen LogP contribution < -0.4 is 5.73 Å². The van der Waals surface area contributed by atoms with E-state index in [0.29, 0.717) is 6.42 Å². The van der Waals surface area contributed by atoms with Crippen molar-refractivity contribution in [2.24, 2.45) is 5.73 Å². The Bertz CT molecular complexity index is 368. The number of halogens is 1. The smallest absolute Gasteiger partial charge is 0.320 e. The Kier molecular flexibility index (Phi) is 5.48. The average Bonchev–Trinajstić information content (AvgIpc) is 2.10. The van der Waals surface area contributed by atoms with Crippen molar-refractivity contribution in [3.8, 4) is 0 Å². The molecule has 0 bridgehead atoms. The molecular weight excluding hydrogens is 226 g/mol. The first-order valence-electron chi connectivity index (χ1n) is 4.97. The lowest BCUT2D eigenvalue weighted by atomic mass is 9.95. The lowest BCUT2D eigenvalue weighted by Gasteiger charge is -2.13. The van der Waals surface area contributed by atoms with Crippen molar-refractivity contribution >= 4 is 18.4 Å². The molecule has 90 valence electrons. The highest BCUT2D eigenvalue weighted by molar-refractivity contribution is 5.85. The van der Waals surface area contributed by atoms with E-state index in [0.717, 1.165) is 16.7 Å². The first-order chi connectivity index (χ1) is 6.91. The molecule has 0 heterocycles. The SMILES string of the molecule is Cc1cc(C)c(C[C@H](N)C(=O)O)c(C)c1.Cl. The second-order valence-electron chi connectivity index (χ2n) is 4.03. The summed E-state index contributed by atoms with van der Waals surface area (Å²) in [7, 11) is 0. The summed E-state index contributed by atoms with van der Waals surface area (Å²) in [6.07, 6.45) is 0.396. The maximum Gasteiger partial charge on any atom is 0.320 e. The molecule has 1 aromatic carbocycles. The summed E-state index contributed by atoms with van der Waals surface area (Å²) in [5.74, 6) is -0.950. The third-order valence-electron chi connectivity index (χ3n) is 2.58. The van der Waals surface area contributed by atoms with E-state index in [1.54, 1.807) is 0 Å². The maximum atomic E-state index is 10.7. The molecular formula is C12H18ClNO2. The third kappa shape index (κ3) is 3.51. The molecule has 4 heteroatoms. The van der Waals surface area contributed by atoms with Gasteiger partial charge in [0.05, 0.1) is 0 Å². The van der Waals surface area contributed by atoms with Gasteiger partial charge in [-0.3, -0.25) is 4.79 Å².